The minimum absolute atomic E-state index is 0.122. The lowest BCUT2D eigenvalue weighted by molar-refractivity contribution is -0.117. The van der Waals surface area contributed by atoms with Gasteiger partial charge in [0.1, 0.15) is 0 Å². The summed E-state index contributed by atoms with van der Waals surface area (Å²) < 4.78 is 0. The molecule has 0 saturated heterocycles. The van der Waals surface area contributed by atoms with E-state index in [0.29, 0.717) is 6.42 Å². The third-order valence-electron chi connectivity index (χ3n) is 2.94. The lowest BCUT2D eigenvalue weighted by atomic mass is 10.1. The van der Waals surface area contributed by atoms with E-state index in [0.717, 1.165) is 21.9 Å². The number of thioether (sulfide) groups is 1. The molecule has 1 heterocycles. The molecule has 3 nitrogen and oxygen atoms in total. The lowest BCUT2D eigenvalue weighted by Crippen LogP contribution is -2.36. The van der Waals surface area contributed by atoms with Crippen LogP contribution in [0.4, 0.5) is 5.69 Å². The second-order valence-electron chi connectivity index (χ2n) is 4.40. The maximum Gasteiger partial charge on any atom is 0.241 e. The highest BCUT2D eigenvalue weighted by molar-refractivity contribution is 7.98. The van der Waals surface area contributed by atoms with E-state index in [9.17, 15) is 4.79 Å². The van der Waals surface area contributed by atoms with Crippen LogP contribution >= 0.6 is 23.1 Å². The van der Waals surface area contributed by atoms with Gasteiger partial charge in [0.2, 0.25) is 5.91 Å². The normalized spacial score (nSPS) is 12.1. The molecule has 0 spiro atoms. The summed E-state index contributed by atoms with van der Waals surface area (Å²) in [5, 5.41) is 4.97. The van der Waals surface area contributed by atoms with Gasteiger partial charge in [-0.15, -0.1) is 11.3 Å². The molecule has 3 N–H and O–H groups in total. The summed E-state index contributed by atoms with van der Waals surface area (Å²) in [6.07, 6.45) is 2.70. The van der Waals surface area contributed by atoms with Gasteiger partial charge in [0, 0.05) is 16.1 Å². The second-order valence-corrected chi connectivity index (χ2v) is 6.33. The van der Waals surface area contributed by atoms with Crippen LogP contribution in [0.3, 0.4) is 0 Å². The molecular weight excluding hydrogens is 288 g/mol. The van der Waals surface area contributed by atoms with Gasteiger partial charge < -0.3 is 11.1 Å². The van der Waals surface area contributed by atoms with E-state index in [1.165, 1.54) is 0 Å². The van der Waals surface area contributed by atoms with Crippen molar-refractivity contribution in [1.29, 1.82) is 0 Å². The van der Waals surface area contributed by atoms with Crippen molar-refractivity contribution in [3.8, 4) is 10.4 Å². The maximum absolute atomic E-state index is 12.1. The summed E-state index contributed by atoms with van der Waals surface area (Å²) in [5.41, 5.74) is 7.75. The minimum Gasteiger partial charge on any atom is -0.324 e. The first kappa shape index (κ1) is 15.1. The average molecular weight is 306 g/mol. The van der Waals surface area contributed by atoms with Crippen molar-refractivity contribution in [3.05, 3.63) is 41.8 Å². The molecule has 20 heavy (non-hydrogen) atoms. The lowest BCUT2D eigenvalue weighted by Gasteiger charge is -2.14. The molecule has 1 aromatic heterocycles. The smallest absolute Gasteiger partial charge is 0.241 e. The van der Waals surface area contributed by atoms with Crippen molar-refractivity contribution < 1.29 is 4.79 Å². The third-order valence-corrected chi connectivity index (χ3v) is 4.49. The molecule has 1 atom stereocenters. The van der Waals surface area contributed by atoms with E-state index in [2.05, 4.69) is 5.32 Å². The zero-order valence-corrected chi connectivity index (χ0v) is 13.0. The van der Waals surface area contributed by atoms with Crippen LogP contribution in [0.25, 0.3) is 10.4 Å². The average Bonchev–Trinajstić information content (AvgIpc) is 2.99. The summed E-state index contributed by atoms with van der Waals surface area (Å²) >= 11 is 3.35. The van der Waals surface area contributed by atoms with Crippen molar-refractivity contribution in [2.75, 3.05) is 17.3 Å². The van der Waals surface area contributed by atoms with Gasteiger partial charge in [0.25, 0.3) is 0 Å². The Hall–Kier alpha value is -1.30. The Morgan fingerprint density at radius 2 is 2.15 bits per heavy atom. The summed E-state index contributed by atoms with van der Waals surface area (Å²) in [7, 11) is 0. The molecule has 0 unspecified atom stereocenters. The van der Waals surface area contributed by atoms with Crippen molar-refractivity contribution in [1.82, 2.24) is 0 Å². The van der Waals surface area contributed by atoms with E-state index in [1.807, 2.05) is 48.0 Å². The van der Waals surface area contributed by atoms with E-state index >= 15 is 0 Å². The van der Waals surface area contributed by atoms with Gasteiger partial charge in [-0.2, -0.15) is 11.8 Å². The van der Waals surface area contributed by atoms with Crippen LogP contribution in [0.5, 0.6) is 0 Å². The number of anilines is 1. The number of rotatable bonds is 6. The van der Waals surface area contributed by atoms with Crippen molar-refractivity contribution in [2.45, 2.75) is 12.5 Å². The molecule has 2 aromatic rings. The van der Waals surface area contributed by atoms with Gasteiger partial charge in [0.05, 0.1) is 6.04 Å². The van der Waals surface area contributed by atoms with Gasteiger partial charge in [-0.05, 0) is 35.9 Å². The first-order chi connectivity index (χ1) is 9.72. The molecule has 0 bridgehead atoms. The van der Waals surface area contributed by atoms with Gasteiger partial charge in [-0.25, -0.2) is 0 Å². The van der Waals surface area contributed by atoms with Crippen LogP contribution in [-0.4, -0.2) is 24.0 Å². The van der Waals surface area contributed by atoms with Gasteiger partial charge in [0.15, 0.2) is 0 Å². The topological polar surface area (TPSA) is 55.1 Å². The fourth-order valence-corrected chi connectivity index (χ4v) is 3.10. The molecule has 0 aliphatic rings. The fourth-order valence-electron chi connectivity index (χ4n) is 1.84. The van der Waals surface area contributed by atoms with Crippen LogP contribution in [0.15, 0.2) is 41.8 Å². The number of carbonyl (C=O) groups is 1. The number of para-hydroxylation sites is 1. The monoisotopic (exact) mass is 306 g/mol. The Labute approximate surface area is 127 Å². The van der Waals surface area contributed by atoms with Crippen LogP contribution in [0.2, 0.25) is 0 Å². The predicted octanol–water partition coefficient (Wildman–Crippen LogP) is 3.43. The van der Waals surface area contributed by atoms with Crippen LogP contribution in [0, 0.1) is 0 Å². The van der Waals surface area contributed by atoms with Gasteiger partial charge >= 0.3 is 0 Å². The number of benzene rings is 1. The first-order valence-electron chi connectivity index (χ1n) is 6.40. The van der Waals surface area contributed by atoms with Crippen molar-refractivity contribution >= 4 is 34.7 Å². The molecule has 1 aromatic carbocycles. The van der Waals surface area contributed by atoms with Crippen molar-refractivity contribution in [3.63, 3.8) is 0 Å². The molecular formula is C15H18N2OS2. The second kappa shape index (κ2) is 7.47. The van der Waals surface area contributed by atoms with Crippen LogP contribution in [-0.2, 0) is 4.79 Å². The maximum atomic E-state index is 12.1. The van der Waals surface area contributed by atoms with Crippen LogP contribution in [0.1, 0.15) is 6.42 Å². The Bertz CT molecular complexity index is 555. The summed E-state index contributed by atoms with van der Waals surface area (Å²) in [4.78, 5) is 13.2. The van der Waals surface area contributed by atoms with E-state index in [1.54, 1.807) is 23.1 Å². The van der Waals surface area contributed by atoms with E-state index in [-0.39, 0.29) is 5.91 Å². The number of hydrogen-bond donors (Lipinski definition) is 2. The highest BCUT2D eigenvalue weighted by Gasteiger charge is 2.15. The molecule has 0 aliphatic heterocycles. The van der Waals surface area contributed by atoms with Gasteiger partial charge in [-0.1, -0.05) is 24.3 Å². The first-order valence-corrected chi connectivity index (χ1v) is 8.68. The van der Waals surface area contributed by atoms with Crippen LogP contribution < -0.4 is 11.1 Å². The molecule has 0 aliphatic carbocycles. The Balaban J connectivity index is 2.12. The number of nitrogens with one attached hydrogen (secondary N) is 1. The largest absolute Gasteiger partial charge is 0.324 e. The quantitative estimate of drug-likeness (QED) is 0.859. The Kier molecular flexibility index (Phi) is 5.64. The molecule has 5 heteroatoms. The SMILES string of the molecule is CSCC[C@@H](N)C(=O)Nc1ccccc1-c1cccs1. The summed E-state index contributed by atoms with van der Waals surface area (Å²) in [6.45, 7) is 0. The molecule has 0 fully saturated rings. The molecule has 0 radical (unpaired) electrons. The standard InChI is InChI=1S/C15H18N2OS2/c1-19-10-8-12(16)15(18)17-13-6-3-2-5-11(13)14-7-4-9-20-14/h2-7,9,12H,8,10,16H2,1H3,(H,17,18)/t12-/m1/s1. The highest BCUT2D eigenvalue weighted by Crippen LogP contribution is 2.31. The van der Waals surface area contributed by atoms with Crippen molar-refractivity contribution in [2.24, 2.45) is 5.73 Å². The number of amides is 1. The minimum atomic E-state index is -0.459. The fraction of sp³-hybridized carbons (Fsp3) is 0.267. The summed E-state index contributed by atoms with van der Waals surface area (Å²) in [5.74, 6) is 0.768. The Morgan fingerprint density at radius 3 is 2.85 bits per heavy atom. The molecule has 0 saturated carbocycles. The number of hydrogen-bond acceptors (Lipinski definition) is 4. The molecule has 106 valence electrons. The zero-order valence-electron chi connectivity index (χ0n) is 11.3. The zero-order chi connectivity index (χ0) is 14.4. The van der Waals surface area contributed by atoms with E-state index < -0.39 is 6.04 Å². The van der Waals surface area contributed by atoms with E-state index in [4.69, 9.17) is 5.73 Å². The highest BCUT2D eigenvalue weighted by atomic mass is 32.2. The number of carbonyl (C=O) groups excluding carboxylic acids is 1. The van der Waals surface area contributed by atoms with Gasteiger partial charge in [-0.3, -0.25) is 4.79 Å². The predicted molar refractivity (Wildman–Crippen MR) is 89.4 cm³/mol. The molecule has 1 amide bonds. The summed E-state index contributed by atoms with van der Waals surface area (Å²) in [6, 6.07) is 11.4. The Morgan fingerprint density at radius 1 is 1.35 bits per heavy atom. The number of thiophene rings is 1. The molecule has 2 rings (SSSR count). The third kappa shape index (κ3) is 3.85. The number of nitrogens with two attached hydrogens (primary N) is 1.